The number of carbonyl (C=O) groups is 1. The van der Waals surface area contributed by atoms with E-state index in [-0.39, 0.29) is 18.0 Å². The minimum Gasteiger partial charge on any atom is -0.494 e. The molecular formula is C28H25Cl2N3O2. The zero-order valence-electron chi connectivity index (χ0n) is 19.9. The Hall–Kier alpha value is -3.28. The van der Waals surface area contributed by atoms with E-state index in [9.17, 15) is 4.79 Å². The number of fused-ring (bicyclic) bond motifs is 1. The number of hydrogen-bond donors (Lipinski definition) is 0. The smallest absolute Gasteiger partial charge is 0.261 e. The fraction of sp³-hybridized carbons (Fsp3) is 0.214. The molecule has 2 aromatic heterocycles. The molecule has 178 valence electrons. The lowest BCUT2D eigenvalue weighted by Crippen LogP contribution is -2.30. The van der Waals surface area contributed by atoms with Gasteiger partial charge in [-0.2, -0.15) is 0 Å². The SMILES string of the molecule is COc1cccnc1-c1cc2c(n1C(C)C)C(c1ccc(Cl)cc1)N(c1cc(Cl)ccc1C)C2=O. The number of amides is 1. The first-order chi connectivity index (χ1) is 16.8. The van der Waals surface area contributed by atoms with Crippen molar-refractivity contribution < 1.29 is 9.53 Å². The number of aryl methyl sites for hydroxylation is 1. The topological polar surface area (TPSA) is 47.4 Å². The van der Waals surface area contributed by atoms with Crippen LogP contribution in [0, 0.1) is 6.92 Å². The molecule has 1 amide bonds. The van der Waals surface area contributed by atoms with E-state index in [1.807, 2.05) is 72.5 Å². The number of pyridine rings is 1. The van der Waals surface area contributed by atoms with Gasteiger partial charge in [0.2, 0.25) is 0 Å². The maximum absolute atomic E-state index is 14.1. The molecule has 0 aliphatic carbocycles. The van der Waals surface area contributed by atoms with Gasteiger partial charge in [0.05, 0.1) is 24.1 Å². The number of methoxy groups -OCH3 is 1. The molecule has 7 heteroatoms. The second-order valence-corrected chi connectivity index (χ2v) is 9.78. The number of hydrogen-bond acceptors (Lipinski definition) is 3. The molecule has 1 aliphatic rings. The number of rotatable bonds is 5. The van der Waals surface area contributed by atoms with Crippen LogP contribution in [0.25, 0.3) is 11.4 Å². The molecule has 3 heterocycles. The Bertz CT molecular complexity index is 1430. The number of nitrogens with zero attached hydrogens (tertiary/aromatic N) is 3. The summed E-state index contributed by atoms with van der Waals surface area (Å²) in [6.45, 7) is 6.20. The molecule has 1 unspecified atom stereocenters. The molecule has 5 nitrogen and oxygen atoms in total. The highest BCUT2D eigenvalue weighted by molar-refractivity contribution is 6.31. The summed E-state index contributed by atoms with van der Waals surface area (Å²) in [5, 5.41) is 1.22. The summed E-state index contributed by atoms with van der Waals surface area (Å²) >= 11 is 12.6. The molecule has 5 rings (SSSR count). The first kappa shape index (κ1) is 23.5. The lowest BCUT2D eigenvalue weighted by Gasteiger charge is -2.30. The summed E-state index contributed by atoms with van der Waals surface area (Å²) in [4.78, 5) is 20.5. The van der Waals surface area contributed by atoms with Gasteiger partial charge in [-0.1, -0.05) is 41.4 Å². The van der Waals surface area contributed by atoms with Gasteiger partial charge in [-0.15, -0.1) is 0 Å². The Balaban J connectivity index is 1.80. The third-order valence-corrected chi connectivity index (χ3v) is 6.90. The predicted molar refractivity (Wildman–Crippen MR) is 141 cm³/mol. The lowest BCUT2D eigenvalue weighted by molar-refractivity contribution is 0.0993. The van der Waals surface area contributed by atoms with Crippen molar-refractivity contribution in [3.05, 3.63) is 99.3 Å². The predicted octanol–water partition coefficient (Wildman–Crippen LogP) is 7.50. The van der Waals surface area contributed by atoms with Crippen LogP contribution in [0.1, 0.15) is 53.1 Å². The van der Waals surface area contributed by atoms with Crippen molar-refractivity contribution in [1.29, 1.82) is 0 Å². The zero-order valence-corrected chi connectivity index (χ0v) is 21.4. The third kappa shape index (κ3) is 3.89. The van der Waals surface area contributed by atoms with Crippen LogP contribution >= 0.6 is 23.2 Å². The van der Waals surface area contributed by atoms with Crippen LogP contribution in [0.2, 0.25) is 10.0 Å². The Morgan fingerprint density at radius 1 is 1.00 bits per heavy atom. The molecule has 0 spiro atoms. The van der Waals surface area contributed by atoms with Crippen molar-refractivity contribution in [2.45, 2.75) is 32.9 Å². The third-order valence-electron chi connectivity index (χ3n) is 6.41. The molecule has 0 fully saturated rings. The van der Waals surface area contributed by atoms with Crippen LogP contribution < -0.4 is 9.64 Å². The van der Waals surface area contributed by atoms with Gasteiger partial charge < -0.3 is 9.30 Å². The van der Waals surface area contributed by atoms with Crippen molar-refractivity contribution in [1.82, 2.24) is 9.55 Å². The summed E-state index contributed by atoms with van der Waals surface area (Å²) < 4.78 is 7.80. The summed E-state index contributed by atoms with van der Waals surface area (Å²) in [5.41, 5.74) is 5.81. The van der Waals surface area contributed by atoms with Crippen molar-refractivity contribution in [2.24, 2.45) is 0 Å². The zero-order chi connectivity index (χ0) is 24.9. The molecule has 1 atom stereocenters. The standard InChI is InChI=1S/C28H25Cl2N3O2/c1-16(2)32-23(25-24(35-4)6-5-13-31-25)15-21-27(32)26(18-8-11-19(29)12-9-18)33(28(21)34)22-14-20(30)10-7-17(22)3/h5-16,26H,1-4H3. The van der Waals surface area contributed by atoms with E-state index in [1.54, 1.807) is 13.3 Å². The Labute approximate surface area is 214 Å². The number of carbonyl (C=O) groups excluding carboxylic acids is 1. The van der Waals surface area contributed by atoms with Gasteiger partial charge in [0.25, 0.3) is 5.91 Å². The van der Waals surface area contributed by atoms with E-state index in [0.717, 1.165) is 28.2 Å². The quantitative estimate of drug-likeness (QED) is 0.282. The monoisotopic (exact) mass is 505 g/mol. The molecule has 1 aliphatic heterocycles. The van der Waals surface area contributed by atoms with Gasteiger partial charge in [0.15, 0.2) is 0 Å². The van der Waals surface area contributed by atoms with Crippen molar-refractivity contribution in [3.63, 3.8) is 0 Å². The largest absolute Gasteiger partial charge is 0.494 e. The molecule has 35 heavy (non-hydrogen) atoms. The van der Waals surface area contributed by atoms with E-state index in [2.05, 4.69) is 23.4 Å². The van der Waals surface area contributed by atoms with Gasteiger partial charge in [0, 0.05) is 28.0 Å². The van der Waals surface area contributed by atoms with Crippen LogP contribution in [0.5, 0.6) is 5.75 Å². The van der Waals surface area contributed by atoms with E-state index < -0.39 is 0 Å². The summed E-state index contributed by atoms with van der Waals surface area (Å²) in [6.07, 6.45) is 1.74. The maximum atomic E-state index is 14.1. The van der Waals surface area contributed by atoms with E-state index in [4.69, 9.17) is 27.9 Å². The first-order valence-corrected chi connectivity index (χ1v) is 12.2. The van der Waals surface area contributed by atoms with Crippen LogP contribution in [0.4, 0.5) is 5.69 Å². The molecule has 0 saturated carbocycles. The van der Waals surface area contributed by atoms with E-state index in [0.29, 0.717) is 27.1 Å². The van der Waals surface area contributed by atoms with Gasteiger partial charge in [-0.25, -0.2) is 0 Å². The number of halogens is 2. The Morgan fingerprint density at radius 2 is 1.71 bits per heavy atom. The Kier molecular flexibility index (Phi) is 6.07. The normalized spacial score (nSPS) is 15.1. The molecule has 0 saturated heterocycles. The highest BCUT2D eigenvalue weighted by Gasteiger charge is 2.44. The maximum Gasteiger partial charge on any atom is 0.261 e. The van der Waals surface area contributed by atoms with Crippen molar-refractivity contribution in [2.75, 3.05) is 12.0 Å². The fourth-order valence-electron chi connectivity index (χ4n) is 4.89. The Morgan fingerprint density at radius 3 is 2.40 bits per heavy atom. The highest BCUT2D eigenvalue weighted by Crippen LogP contribution is 2.47. The van der Waals surface area contributed by atoms with Crippen LogP contribution in [-0.2, 0) is 0 Å². The van der Waals surface area contributed by atoms with Crippen LogP contribution in [-0.4, -0.2) is 22.6 Å². The average molecular weight is 506 g/mol. The second kappa shape index (κ2) is 9.06. The minimum absolute atomic E-state index is 0.0588. The number of ether oxygens (including phenoxy) is 1. The van der Waals surface area contributed by atoms with Crippen LogP contribution in [0.15, 0.2) is 66.9 Å². The minimum atomic E-state index is -0.363. The van der Waals surface area contributed by atoms with E-state index >= 15 is 0 Å². The van der Waals surface area contributed by atoms with Crippen LogP contribution in [0.3, 0.4) is 0 Å². The van der Waals surface area contributed by atoms with E-state index in [1.165, 1.54) is 0 Å². The van der Waals surface area contributed by atoms with Gasteiger partial charge >= 0.3 is 0 Å². The number of benzene rings is 2. The van der Waals surface area contributed by atoms with Gasteiger partial charge in [-0.05, 0) is 74.4 Å². The fourth-order valence-corrected chi connectivity index (χ4v) is 5.18. The molecular weight excluding hydrogens is 481 g/mol. The van der Waals surface area contributed by atoms with Crippen molar-refractivity contribution >= 4 is 34.8 Å². The number of anilines is 1. The lowest BCUT2D eigenvalue weighted by atomic mass is 10.0. The molecule has 0 radical (unpaired) electrons. The highest BCUT2D eigenvalue weighted by atomic mass is 35.5. The number of aromatic nitrogens is 2. The molecule has 0 N–H and O–H groups in total. The summed E-state index contributed by atoms with van der Waals surface area (Å²) in [6, 6.07) is 18.6. The van der Waals surface area contributed by atoms with Crippen molar-refractivity contribution in [3.8, 4) is 17.1 Å². The first-order valence-electron chi connectivity index (χ1n) is 11.4. The van der Waals surface area contributed by atoms with Gasteiger partial charge in [-0.3, -0.25) is 14.7 Å². The summed E-state index contributed by atoms with van der Waals surface area (Å²) in [7, 11) is 1.63. The second-order valence-electron chi connectivity index (χ2n) is 8.91. The van der Waals surface area contributed by atoms with Gasteiger partial charge in [0.1, 0.15) is 17.5 Å². The molecule has 4 aromatic rings. The summed E-state index contributed by atoms with van der Waals surface area (Å²) in [5.74, 6) is 0.574. The molecule has 0 bridgehead atoms. The molecule has 2 aromatic carbocycles. The average Bonchev–Trinajstić information content (AvgIpc) is 3.36.